The summed E-state index contributed by atoms with van der Waals surface area (Å²) < 4.78 is 54.6. The fraction of sp³-hybridized carbons (Fsp3) is 0.346. The molecule has 0 aliphatic carbocycles. The Labute approximate surface area is 229 Å². The van der Waals surface area contributed by atoms with Crippen LogP contribution in [0.25, 0.3) is 22.0 Å². The summed E-state index contributed by atoms with van der Waals surface area (Å²) in [6, 6.07) is 4.82. The number of aromatic hydroxyl groups is 1. The maximum absolute atomic E-state index is 16.2. The van der Waals surface area contributed by atoms with Gasteiger partial charge in [-0.25, -0.2) is 22.2 Å². The molecule has 0 bridgehead atoms. The van der Waals surface area contributed by atoms with Crippen molar-refractivity contribution in [2.45, 2.75) is 18.9 Å². The second-order valence-corrected chi connectivity index (χ2v) is 12.2. The number of phenols is 1. The number of amides is 1. The summed E-state index contributed by atoms with van der Waals surface area (Å²) in [6.07, 6.45) is 1.94. The van der Waals surface area contributed by atoms with E-state index >= 15 is 4.39 Å². The fourth-order valence-corrected chi connectivity index (χ4v) is 6.74. The summed E-state index contributed by atoms with van der Waals surface area (Å²) in [5.41, 5.74) is -0.858. The van der Waals surface area contributed by atoms with E-state index in [-0.39, 0.29) is 56.5 Å². The first-order valence-corrected chi connectivity index (χ1v) is 14.6. The molecule has 0 atom stereocenters. The third-order valence-electron chi connectivity index (χ3n) is 7.06. The number of nitrogens with one attached hydrogen (secondary N) is 1. The highest BCUT2D eigenvalue weighted by Crippen LogP contribution is 2.42. The molecule has 206 valence electrons. The van der Waals surface area contributed by atoms with Crippen LogP contribution >= 0.6 is 11.6 Å². The fourth-order valence-electron chi connectivity index (χ4n) is 4.96. The SMILES string of the molecule is C=CC(=O)N1CCN(c2nc(NC3CCS(=O)(=O)CC3)nc3c(F)c(-c4c(O)cccc4F)c(Cl)cc23)CC1. The number of aromatic nitrogens is 2. The molecular formula is C26H26ClF2N5O4S. The smallest absolute Gasteiger partial charge is 0.246 e. The normalized spacial score (nSPS) is 17.8. The van der Waals surface area contributed by atoms with Crippen LogP contribution in [0.2, 0.25) is 5.02 Å². The number of anilines is 2. The van der Waals surface area contributed by atoms with E-state index in [2.05, 4.69) is 21.9 Å². The monoisotopic (exact) mass is 577 g/mol. The number of hydrogen-bond donors (Lipinski definition) is 2. The molecule has 3 heterocycles. The maximum atomic E-state index is 16.2. The van der Waals surface area contributed by atoms with Gasteiger partial charge in [-0.1, -0.05) is 24.2 Å². The zero-order valence-corrected chi connectivity index (χ0v) is 22.4. The van der Waals surface area contributed by atoms with Crippen LogP contribution in [0.15, 0.2) is 36.9 Å². The van der Waals surface area contributed by atoms with Crippen molar-refractivity contribution in [1.29, 1.82) is 0 Å². The number of fused-ring (bicyclic) bond motifs is 1. The average molecular weight is 578 g/mol. The van der Waals surface area contributed by atoms with E-state index in [1.165, 1.54) is 24.3 Å². The Hall–Kier alpha value is -3.51. The van der Waals surface area contributed by atoms with Crippen molar-refractivity contribution in [2.75, 3.05) is 47.9 Å². The lowest BCUT2D eigenvalue weighted by atomic mass is 10.0. The lowest BCUT2D eigenvalue weighted by Crippen LogP contribution is -2.48. The minimum absolute atomic E-state index is 0.0189. The van der Waals surface area contributed by atoms with Crippen molar-refractivity contribution < 1.29 is 27.1 Å². The van der Waals surface area contributed by atoms with E-state index in [4.69, 9.17) is 11.6 Å². The van der Waals surface area contributed by atoms with Gasteiger partial charge in [0.05, 0.1) is 22.1 Å². The van der Waals surface area contributed by atoms with Gasteiger partial charge in [0.15, 0.2) is 5.82 Å². The Kier molecular flexibility index (Phi) is 7.34. The number of carbonyl (C=O) groups is 1. The van der Waals surface area contributed by atoms with E-state index in [0.717, 1.165) is 6.07 Å². The highest BCUT2D eigenvalue weighted by Gasteiger charge is 2.29. The molecule has 1 aromatic heterocycles. The molecule has 9 nitrogen and oxygen atoms in total. The third-order valence-corrected chi connectivity index (χ3v) is 9.07. The second kappa shape index (κ2) is 10.6. The first-order valence-electron chi connectivity index (χ1n) is 12.4. The van der Waals surface area contributed by atoms with Gasteiger partial charge in [0.1, 0.15) is 32.7 Å². The highest BCUT2D eigenvalue weighted by atomic mass is 35.5. The number of phenolic OH excluding ortho intramolecular Hbond substituents is 1. The minimum atomic E-state index is -3.10. The Morgan fingerprint density at radius 2 is 1.82 bits per heavy atom. The van der Waals surface area contributed by atoms with Gasteiger partial charge in [0.2, 0.25) is 11.9 Å². The summed E-state index contributed by atoms with van der Waals surface area (Å²) in [7, 11) is -3.10. The van der Waals surface area contributed by atoms with Gasteiger partial charge in [-0.3, -0.25) is 4.79 Å². The van der Waals surface area contributed by atoms with Crippen molar-refractivity contribution in [3.05, 3.63) is 53.6 Å². The van der Waals surface area contributed by atoms with Crippen LogP contribution in [0, 0.1) is 11.6 Å². The Balaban J connectivity index is 1.61. The minimum Gasteiger partial charge on any atom is -0.507 e. The highest BCUT2D eigenvalue weighted by molar-refractivity contribution is 7.91. The quantitative estimate of drug-likeness (QED) is 0.441. The van der Waals surface area contributed by atoms with Gasteiger partial charge in [-0.2, -0.15) is 4.98 Å². The average Bonchev–Trinajstić information content (AvgIpc) is 2.91. The van der Waals surface area contributed by atoms with E-state index in [1.54, 1.807) is 4.90 Å². The predicted octanol–water partition coefficient (Wildman–Crippen LogP) is 3.76. The van der Waals surface area contributed by atoms with Crippen molar-refractivity contribution in [1.82, 2.24) is 14.9 Å². The molecule has 2 aromatic carbocycles. The molecule has 2 fully saturated rings. The van der Waals surface area contributed by atoms with Crippen LogP contribution in [-0.2, 0) is 14.6 Å². The van der Waals surface area contributed by atoms with Gasteiger partial charge in [-0.05, 0) is 37.1 Å². The molecule has 2 aliphatic heterocycles. The largest absolute Gasteiger partial charge is 0.507 e. The summed E-state index contributed by atoms with van der Waals surface area (Å²) >= 11 is 6.48. The molecule has 0 unspecified atom stereocenters. The predicted molar refractivity (Wildman–Crippen MR) is 146 cm³/mol. The van der Waals surface area contributed by atoms with Crippen LogP contribution < -0.4 is 10.2 Å². The molecule has 1 amide bonds. The number of benzene rings is 2. The summed E-state index contributed by atoms with van der Waals surface area (Å²) in [5.74, 6) is -1.98. The summed E-state index contributed by atoms with van der Waals surface area (Å²) in [4.78, 5) is 24.6. The Morgan fingerprint density at radius 3 is 2.46 bits per heavy atom. The zero-order chi connectivity index (χ0) is 27.9. The molecule has 2 saturated heterocycles. The van der Waals surface area contributed by atoms with Gasteiger partial charge >= 0.3 is 0 Å². The lowest BCUT2D eigenvalue weighted by Gasteiger charge is -2.35. The number of rotatable bonds is 5. The van der Waals surface area contributed by atoms with Crippen LogP contribution in [-0.4, -0.2) is 78.0 Å². The number of sulfone groups is 1. The second-order valence-electron chi connectivity index (χ2n) is 9.54. The molecule has 39 heavy (non-hydrogen) atoms. The number of carbonyl (C=O) groups excluding carboxylic acids is 1. The molecular weight excluding hydrogens is 552 g/mol. The summed E-state index contributed by atoms with van der Waals surface area (Å²) in [6.45, 7) is 5.08. The van der Waals surface area contributed by atoms with E-state index in [1.807, 2.05) is 4.90 Å². The van der Waals surface area contributed by atoms with Gasteiger partial charge in [-0.15, -0.1) is 0 Å². The molecule has 13 heteroatoms. The number of halogens is 3. The van der Waals surface area contributed by atoms with Gasteiger partial charge < -0.3 is 20.2 Å². The van der Waals surface area contributed by atoms with E-state index < -0.39 is 27.2 Å². The molecule has 0 saturated carbocycles. The number of hydrogen-bond acceptors (Lipinski definition) is 8. The molecule has 2 aliphatic rings. The zero-order valence-electron chi connectivity index (χ0n) is 20.8. The Morgan fingerprint density at radius 1 is 1.13 bits per heavy atom. The van der Waals surface area contributed by atoms with Crippen LogP contribution in [0.3, 0.4) is 0 Å². The molecule has 3 aromatic rings. The van der Waals surface area contributed by atoms with Crippen LogP contribution in [0.4, 0.5) is 20.5 Å². The van der Waals surface area contributed by atoms with Crippen LogP contribution in [0.1, 0.15) is 12.8 Å². The van der Waals surface area contributed by atoms with Gasteiger partial charge in [0, 0.05) is 43.2 Å². The maximum Gasteiger partial charge on any atom is 0.246 e. The van der Waals surface area contributed by atoms with E-state index in [0.29, 0.717) is 44.8 Å². The third kappa shape index (κ3) is 5.35. The topological polar surface area (TPSA) is 116 Å². The molecule has 2 N–H and O–H groups in total. The number of piperazine rings is 1. The lowest BCUT2D eigenvalue weighted by molar-refractivity contribution is -0.126. The molecule has 0 radical (unpaired) electrons. The Bertz CT molecular complexity index is 1540. The number of nitrogens with zero attached hydrogens (tertiary/aromatic N) is 4. The van der Waals surface area contributed by atoms with Gasteiger partial charge in [0.25, 0.3) is 0 Å². The molecule has 5 rings (SSSR count). The van der Waals surface area contributed by atoms with Crippen molar-refractivity contribution in [2.24, 2.45) is 0 Å². The van der Waals surface area contributed by atoms with E-state index in [9.17, 15) is 22.7 Å². The summed E-state index contributed by atoms with van der Waals surface area (Å²) in [5, 5.41) is 13.6. The first kappa shape index (κ1) is 27.1. The van der Waals surface area contributed by atoms with Crippen molar-refractivity contribution in [3.63, 3.8) is 0 Å². The first-order chi connectivity index (χ1) is 18.6. The standard InChI is InChI=1S/C26H26ClF2N5O4S/c1-2-20(36)33-8-10-34(11-9-33)25-16-14-17(27)21(22-18(28)4-3-5-19(22)35)23(29)24(16)31-26(32-25)30-15-6-12-39(37,38)13-7-15/h2-5,14-15,35H,1,6-13H2,(H,30,31,32). The molecule has 0 spiro atoms. The van der Waals surface area contributed by atoms with Crippen molar-refractivity contribution in [3.8, 4) is 16.9 Å². The van der Waals surface area contributed by atoms with Crippen LogP contribution in [0.5, 0.6) is 5.75 Å². The van der Waals surface area contributed by atoms with Crippen molar-refractivity contribution >= 4 is 50.0 Å².